The smallest absolute Gasteiger partial charge is 0.290 e. The Kier molecular flexibility index (Phi) is 8.82. The fourth-order valence-corrected chi connectivity index (χ4v) is 4.20. The second-order valence-corrected chi connectivity index (χ2v) is 8.45. The molecule has 1 atom stereocenters. The Morgan fingerprint density at radius 2 is 1.97 bits per heavy atom. The van der Waals surface area contributed by atoms with E-state index in [-0.39, 0.29) is 18.3 Å². The first-order valence-electron chi connectivity index (χ1n) is 10.4. The maximum absolute atomic E-state index is 13.4. The van der Waals surface area contributed by atoms with Gasteiger partial charge in [-0.1, -0.05) is 12.1 Å². The average molecular weight is 436 g/mol. The van der Waals surface area contributed by atoms with Crippen molar-refractivity contribution in [3.8, 4) is 5.75 Å². The number of methoxy groups -OCH3 is 1. The molecule has 172 valence electrons. The standard InChI is InChI=1S/C21H31N3O4.CH2O2/c1-22(2)13-19(26)24-14-21(15-24,11-16-6-4-8-18(10-16)28-3)20(27)23-9-5-7-17(25)12-23;2-1-3/h4,6,8,10,17,25H,5,7,9,11-15H2,1-3H3;1H,(H,2,3). The van der Waals surface area contributed by atoms with Crippen molar-refractivity contribution in [2.24, 2.45) is 5.41 Å². The van der Waals surface area contributed by atoms with Gasteiger partial charge >= 0.3 is 0 Å². The third-order valence-corrected chi connectivity index (χ3v) is 5.61. The lowest BCUT2D eigenvalue weighted by Gasteiger charge is -2.51. The number of β-amino-alcohol motifs (C(OH)–C–C–N with tert-alkyl or cyclic N) is 1. The summed E-state index contributed by atoms with van der Waals surface area (Å²) in [7, 11) is 5.35. The Hall–Kier alpha value is -2.65. The second-order valence-electron chi connectivity index (χ2n) is 8.45. The SMILES string of the molecule is COc1cccc(CC2(C(=O)N3CCCC(O)C3)CN(C(=O)CN(C)C)C2)c1.O=CO. The van der Waals surface area contributed by atoms with Crippen molar-refractivity contribution in [3.63, 3.8) is 0 Å². The molecule has 2 amide bonds. The molecule has 0 bridgehead atoms. The third kappa shape index (κ3) is 6.41. The van der Waals surface area contributed by atoms with E-state index in [0.29, 0.717) is 39.1 Å². The number of aliphatic hydroxyl groups is 1. The molecule has 2 aliphatic heterocycles. The Morgan fingerprint density at radius 3 is 2.55 bits per heavy atom. The number of likely N-dealkylation sites (N-methyl/N-ethyl adjacent to an activating group) is 1. The summed E-state index contributed by atoms with van der Waals surface area (Å²) in [5, 5.41) is 16.9. The number of likely N-dealkylation sites (tertiary alicyclic amines) is 2. The molecule has 2 N–H and O–H groups in total. The molecule has 1 aromatic carbocycles. The maximum atomic E-state index is 13.4. The number of carbonyl (C=O) groups is 3. The van der Waals surface area contributed by atoms with Crippen LogP contribution in [0.15, 0.2) is 24.3 Å². The molecule has 31 heavy (non-hydrogen) atoms. The molecular weight excluding hydrogens is 402 g/mol. The second kappa shape index (κ2) is 11.1. The van der Waals surface area contributed by atoms with Crippen LogP contribution in [0.5, 0.6) is 5.75 Å². The number of rotatable bonds is 6. The first-order valence-corrected chi connectivity index (χ1v) is 10.4. The molecule has 9 heteroatoms. The average Bonchev–Trinajstić information content (AvgIpc) is 2.70. The first-order chi connectivity index (χ1) is 14.7. The highest BCUT2D eigenvalue weighted by Crippen LogP contribution is 2.37. The number of carbonyl (C=O) groups excluding carboxylic acids is 2. The summed E-state index contributed by atoms with van der Waals surface area (Å²) in [4.78, 5) is 39.6. The van der Waals surface area contributed by atoms with Crippen LogP contribution in [0.2, 0.25) is 0 Å². The van der Waals surface area contributed by atoms with Crippen LogP contribution in [-0.2, 0) is 20.8 Å². The van der Waals surface area contributed by atoms with Gasteiger partial charge in [-0.15, -0.1) is 0 Å². The Labute approximate surface area is 183 Å². The topological polar surface area (TPSA) is 111 Å². The third-order valence-electron chi connectivity index (χ3n) is 5.61. The minimum atomic E-state index is -0.634. The number of hydrogen-bond acceptors (Lipinski definition) is 6. The largest absolute Gasteiger partial charge is 0.497 e. The summed E-state index contributed by atoms with van der Waals surface area (Å²) >= 11 is 0. The molecule has 1 unspecified atom stereocenters. The highest BCUT2D eigenvalue weighted by Gasteiger charge is 2.52. The molecule has 2 fully saturated rings. The van der Waals surface area contributed by atoms with Crippen LogP contribution < -0.4 is 4.74 Å². The zero-order valence-corrected chi connectivity index (χ0v) is 18.5. The van der Waals surface area contributed by atoms with Crippen molar-refractivity contribution in [1.29, 1.82) is 0 Å². The summed E-state index contributed by atoms with van der Waals surface area (Å²) < 4.78 is 5.32. The molecular formula is C22H33N3O6. The number of hydrogen-bond donors (Lipinski definition) is 2. The molecule has 1 aromatic rings. The van der Waals surface area contributed by atoms with Gasteiger partial charge in [-0.05, 0) is 51.1 Å². The molecule has 0 saturated carbocycles. The molecule has 2 saturated heterocycles. The first kappa shape index (κ1) is 24.6. The lowest BCUT2D eigenvalue weighted by molar-refractivity contribution is -0.163. The summed E-state index contributed by atoms with van der Waals surface area (Å²) in [6, 6.07) is 7.74. The van der Waals surface area contributed by atoms with Gasteiger partial charge in [0.2, 0.25) is 11.8 Å². The highest BCUT2D eigenvalue weighted by atomic mass is 16.5. The summed E-state index contributed by atoms with van der Waals surface area (Å²) in [6.45, 7) is 1.97. The predicted molar refractivity (Wildman–Crippen MR) is 115 cm³/mol. The van der Waals surface area contributed by atoms with Gasteiger partial charge in [0, 0.05) is 26.2 Å². The molecule has 0 radical (unpaired) electrons. The molecule has 9 nitrogen and oxygen atoms in total. The van der Waals surface area contributed by atoms with Gasteiger partial charge in [0.25, 0.3) is 6.47 Å². The van der Waals surface area contributed by atoms with E-state index in [9.17, 15) is 14.7 Å². The van der Waals surface area contributed by atoms with Gasteiger partial charge in [-0.3, -0.25) is 14.4 Å². The van der Waals surface area contributed by atoms with Crippen molar-refractivity contribution < 1.29 is 29.3 Å². The molecule has 0 aliphatic carbocycles. The number of aliphatic hydroxyl groups excluding tert-OH is 1. The molecule has 3 rings (SSSR count). The molecule has 0 spiro atoms. The number of ether oxygens (including phenoxy) is 1. The lowest BCUT2D eigenvalue weighted by Crippen LogP contribution is -2.67. The van der Waals surface area contributed by atoms with Gasteiger partial charge < -0.3 is 29.6 Å². The number of nitrogens with zero attached hydrogens (tertiary/aromatic N) is 3. The summed E-state index contributed by atoms with van der Waals surface area (Å²) in [6.07, 6.45) is 1.64. The normalized spacial score (nSPS) is 19.7. The van der Waals surface area contributed by atoms with E-state index < -0.39 is 11.5 Å². The van der Waals surface area contributed by atoms with Gasteiger partial charge in [-0.25, -0.2) is 0 Å². The fraction of sp³-hybridized carbons (Fsp3) is 0.591. The zero-order chi connectivity index (χ0) is 23.0. The number of piperidine rings is 1. The van der Waals surface area contributed by atoms with Crippen molar-refractivity contribution in [2.45, 2.75) is 25.4 Å². The van der Waals surface area contributed by atoms with Crippen molar-refractivity contribution in [3.05, 3.63) is 29.8 Å². The summed E-state index contributed by atoms with van der Waals surface area (Å²) in [5.41, 5.74) is 0.385. The van der Waals surface area contributed by atoms with Gasteiger partial charge in [0.15, 0.2) is 0 Å². The maximum Gasteiger partial charge on any atom is 0.290 e. The monoisotopic (exact) mass is 435 g/mol. The van der Waals surface area contributed by atoms with Crippen LogP contribution in [0.4, 0.5) is 0 Å². The van der Waals surface area contributed by atoms with Crippen molar-refractivity contribution in [1.82, 2.24) is 14.7 Å². The minimum Gasteiger partial charge on any atom is -0.497 e. The Morgan fingerprint density at radius 1 is 1.29 bits per heavy atom. The minimum absolute atomic E-state index is 0.0396. The van der Waals surface area contributed by atoms with Crippen molar-refractivity contribution in [2.75, 3.05) is 53.9 Å². The fourth-order valence-electron chi connectivity index (χ4n) is 4.20. The van der Waals surface area contributed by atoms with Crippen LogP contribution in [0.3, 0.4) is 0 Å². The van der Waals surface area contributed by atoms with Crippen LogP contribution in [0.1, 0.15) is 18.4 Å². The van der Waals surface area contributed by atoms with Gasteiger partial charge in [0.05, 0.1) is 25.2 Å². The van der Waals surface area contributed by atoms with Crippen LogP contribution in [-0.4, -0.2) is 103 Å². The van der Waals surface area contributed by atoms with Gasteiger partial charge in [-0.2, -0.15) is 0 Å². The summed E-state index contributed by atoms with van der Waals surface area (Å²) in [5.74, 6) is 0.842. The van der Waals surface area contributed by atoms with E-state index in [2.05, 4.69) is 0 Å². The van der Waals surface area contributed by atoms with E-state index in [0.717, 1.165) is 24.2 Å². The quantitative estimate of drug-likeness (QED) is 0.619. The van der Waals surface area contributed by atoms with E-state index >= 15 is 0 Å². The zero-order valence-electron chi connectivity index (χ0n) is 18.5. The van der Waals surface area contributed by atoms with Crippen LogP contribution in [0, 0.1) is 5.41 Å². The molecule has 0 aromatic heterocycles. The van der Waals surface area contributed by atoms with Gasteiger partial charge in [0.1, 0.15) is 5.75 Å². The highest BCUT2D eigenvalue weighted by molar-refractivity contribution is 5.88. The van der Waals surface area contributed by atoms with E-state index in [1.54, 1.807) is 16.9 Å². The predicted octanol–water partition coefficient (Wildman–Crippen LogP) is 0.312. The van der Waals surface area contributed by atoms with Crippen LogP contribution in [0.25, 0.3) is 0 Å². The molecule has 2 aliphatic rings. The van der Waals surface area contributed by atoms with E-state index in [1.807, 2.05) is 43.3 Å². The van der Waals surface area contributed by atoms with Crippen LogP contribution >= 0.6 is 0 Å². The Balaban J connectivity index is 0.00000107. The number of amides is 2. The number of carboxylic acid groups (broad SMARTS) is 1. The van der Waals surface area contributed by atoms with Crippen molar-refractivity contribution >= 4 is 18.3 Å². The number of benzene rings is 1. The molecule has 2 heterocycles. The van der Waals surface area contributed by atoms with E-state index in [4.69, 9.17) is 14.6 Å². The lowest BCUT2D eigenvalue weighted by atomic mass is 9.73. The van der Waals surface area contributed by atoms with E-state index in [1.165, 1.54) is 0 Å². The Bertz CT molecular complexity index is 763.